The van der Waals surface area contributed by atoms with Crippen LogP contribution in [-0.2, 0) is 17.5 Å². The molecule has 1 N–H and O–H groups in total. The highest BCUT2D eigenvalue weighted by atomic mass is 35.5. The third-order valence-corrected chi connectivity index (χ3v) is 8.27. The Morgan fingerprint density at radius 1 is 1.38 bits per heavy atom. The van der Waals surface area contributed by atoms with Crippen LogP contribution in [0.1, 0.15) is 68.2 Å². The normalized spacial score (nSPS) is 18.6. The maximum Gasteiger partial charge on any atom is 0.291 e. The van der Waals surface area contributed by atoms with E-state index in [0.717, 1.165) is 35.4 Å². The van der Waals surface area contributed by atoms with Gasteiger partial charge in [0.25, 0.3) is 6.43 Å². The van der Waals surface area contributed by atoms with Gasteiger partial charge in [0.15, 0.2) is 5.01 Å². The first-order valence-corrected chi connectivity index (χ1v) is 12.4. The van der Waals surface area contributed by atoms with Gasteiger partial charge in [-0.05, 0) is 58.2 Å². The lowest BCUT2D eigenvalue weighted by atomic mass is 9.98. The maximum absolute atomic E-state index is 12.9. The number of rotatable bonds is 6. The summed E-state index contributed by atoms with van der Waals surface area (Å²) >= 11 is 7.36. The summed E-state index contributed by atoms with van der Waals surface area (Å²) in [5, 5.41) is 14.2. The molecule has 0 saturated heterocycles. The molecule has 11 heteroatoms. The Hall–Kier alpha value is -1.67. The van der Waals surface area contributed by atoms with Crippen molar-refractivity contribution in [2.24, 2.45) is 0 Å². The molecule has 3 heterocycles. The third kappa shape index (κ3) is 6.91. The van der Waals surface area contributed by atoms with E-state index in [4.69, 9.17) is 16.9 Å². The number of halogens is 3. The number of hydrogen-bond donors (Lipinski definition) is 1. The minimum atomic E-state index is -2.48. The van der Waals surface area contributed by atoms with Crippen molar-refractivity contribution in [3.05, 3.63) is 39.6 Å². The molecule has 0 aromatic carbocycles. The van der Waals surface area contributed by atoms with Crippen molar-refractivity contribution in [2.45, 2.75) is 77.6 Å². The summed E-state index contributed by atoms with van der Waals surface area (Å²) < 4.78 is 41.2. The third-order valence-electron chi connectivity index (χ3n) is 5.36. The summed E-state index contributed by atoms with van der Waals surface area (Å²) in [7, 11) is -1.19. The average Bonchev–Trinajstić information content (AvgIpc) is 3.35. The molecular weight excluding hydrogens is 476 g/mol. The lowest BCUT2D eigenvalue weighted by molar-refractivity contribution is 0.150. The summed E-state index contributed by atoms with van der Waals surface area (Å²) in [6.45, 7) is 16.2. The van der Waals surface area contributed by atoms with Crippen LogP contribution in [-0.4, -0.2) is 29.3 Å². The van der Waals surface area contributed by atoms with Crippen molar-refractivity contribution in [1.82, 2.24) is 19.5 Å². The van der Waals surface area contributed by atoms with E-state index in [1.165, 1.54) is 0 Å². The van der Waals surface area contributed by atoms with E-state index in [0.29, 0.717) is 16.6 Å². The van der Waals surface area contributed by atoms with Crippen molar-refractivity contribution in [1.29, 1.82) is 5.26 Å². The van der Waals surface area contributed by atoms with Gasteiger partial charge in [0.2, 0.25) is 0 Å². The van der Waals surface area contributed by atoms with Crippen LogP contribution < -0.4 is 4.72 Å². The highest BCUT2D eigenvalue weighted by molar-refractivity contribution is 7.84. The summed E-state index contributed by atoms with van der Waals surface area (Å²) in [5.41, 5.74) is 2.09. The zero-order valence-electron chi connectivity index (χ0n) is 19.2. The Kier molecular flexibility index (Phi) is 10.6. The monoisotopic (exact) mass is 505 g/mol. The molecule has 2 aromatic rings. The quantitative estimate of drug-likeness (QED) is 0.529. The average molecular weight is 506 g/mol. The van der Waals surface area contributed by atoms with Crippen LogP contribution in [0.3, 0.4) is 0 Å². The van der Waals surface area contributed by atoms with E-state index in [1.54, 1.807) is 6.92 Å². The molecule has 0 radical (unpaired) electrons. The molecular formula is C21H30ClF2N5OS2. The Balaban J connectivity index is 0.000000388. The van der Waals surface area contributed by atoms with E-state index in [-0.39, 0.29) is 10.5 Å². The van der Waals surface area contributed by atoms with Crippen LogP contribution in [0.2, 0.25) is 0 Å². The number of aromatic nitrogens is 3. The number of nitriles is 1. The van der Waals surface area contributed by atoms with Gasteiger partial charge in [-0.2, -0.15) is 0 Å². The van der Waals surface area contributed by atoms with E-state index in [1.807, 2.05) is 26.1 Å². The Bertz CT molecular complexity index is 969. The van der Waals surface area contributed by atoms with E-state index < -0.39 is 22.2 Å². The van der Waals surface area contributed by atoms with Crippen LogP contribution in [0.5, 0.6) is 0 Å². The first-order valence-electron chi connectivity index (χ1n) is 10.0. The fourth-order valence-corrected chi connectivity index (χ4v) is 5.58. The van der Waals surface area contributed by atoms with Gasteiger partial charge >= 0.3 is 0 Å². The molecule has 2 unspecified atom stereocenters. The summed E-state index contributed by atoms with van der Waals surface area (Å²) in [4.78, 5) is 0. The molecule has 0 saturated carbocycles. The highest BCUT2D eigenvalue weighted by Crippen LogP contribution is 2.35. The van der Waals surface area contributed by atoms with Crippen molar-refractivity contribution < 1.29 is 13.0 Å². The second-order valence-electron chi connectivity index (χ2n) is 7.88. The van der Waals surface area contributed by atoms with Gasteiger partial charge in [0.1, 0.15) is 16.0 Å². The molecule has 6 nitrogen and oxygen atoms in total. The van der Waals surface area contributed by atoms with Gasteiger partial charge < -0.3 is 4.57 Å². The molecule has 2 aromatic heterocycles. The molecule has 0 amide bonds. The summed E-state index contributed by atoms with van der Waals surface area (Å²) in [6, 6.07) is 2.05. The highest BCUT2D eigenvalue weighted by Gasteiger charge is 2.38. The van der Waals surface area contributed by atoms with Gasteiger partial charge in [-0.3, -0.25) is 0 Å². The van der Waals surface area contributed by atoms with Crippen molar-refractivity contribution >= 4 is 39.0 Å². The van der Waals surface area contributed by atoms with Crippen LogP contribution in [0.15, 0.2) is 18.3 Å². The first-order chi connectivity index (χ1) is 14.9. The van der Waals surface area contributed by atoms with Gasteiger partial charge in [-0.15, -0.1) is 10.2 Å². The second kappa shape index (κ2) is 12.0. The van der Waals surface area contributed by atoms with Crippen LogP contribution >= 0.6 is 22.9 Å². The lowest BCUT2D eigenvalue weighted by Gasteiger charge is -2.36. The number of nitrogens with one attached hydrogen (secondary N) is 1. The molecule has 3 rings (SSSR count). The zero-order valence-corrected chi connectivity index (χ0v) is 21.5. The molecule has 178 valence electrons. The van der Waals surface area contributed by atoms with E-state index in [2.05, 4.69) is 52.9 Å². The van der Waals surface area contributed by atoms with Gasteiger partial charge in [-0.1, -0.05) is 36.8 Å². The van der Waals surface area contributed by atoms with Crippen LogP contribution in [0.4, 0.5) is 8.78 Å². The van der Waals surface area contributed by atoms with Gasteiger partial charge in [0.05, 0.1) is 15.5 Å². The topological polar surface area (TPSA) is 83.6 Å². The molecule has 2 atom stereocenters. The predicted octanol–water partition coefficient (Wildman–Crippen LogP) is 5.90. The van der Waals surface area contributed by atoms with Crippen molar-refractivity contribution in [2.75, 3.05) is 0 Å². The number of alkyl halides is 2. The maximum atomic E-state index is 12.9. The molecule has 0 bridgehead atoms. The lowest BCUT2D eigenvalue weighted by Crippen LogP contribution is -2.51. The Morgan fingerprint density at radius 3 is 2.41 bits per heavy atom. The van der Waals surface area contributed by atoms with E-state index in [9.17, 15) is 13.0 Å². The molecule has 32 heavy (non-hydrogen) atoms. The Labute approximate surface area is 200 Å². The zero-order chi connectivity index (χ0) is 24.7. The smallest absolute Gasteiger partial charge is 0.291 e. The fraction of sp³-hybridized carbons (Fsp3) is 0.571. The minimum Gasteiger partial charge on any atom is -0.345 e. The second-order valence-corrected chi connectivity index (χ2v) is 11.2. The van der Waals surface area contributed by atoms with Crippen molar-refractivity contribution in [3.8, 4) is 6.57 Å². The standard InChI is InChI=1S/C16H25ClN2OS.C4H4F2N2S.CHN/c1-6-15(4,7-2)18-21(20)16(5)10-13(17)14-12(3)8-9-19(14)11-16;1-2-7-8-4(9-2)3(5)6;1-2/h8-10,18H,6-7,11H2,1-5H3;3H,1H3;1H. The molecule has 1 aliphatic heterocycles. The Morgan fingerprint density at radius 2 is 1.97 bits per heavy atom. The SMILES string of the molecule is C#N.CCC(C)(CC)NS(=O)C1(C)C=C(Cl)c2c(C)ccn2C1.Cc1nnc(C(F)F)s1. The van der Waals surface area contributed by atoms with Gasteiger partial charge in [0, 0.05) is 24.9 Å². The fourth-order valence-electron chi connectivity index (χ4n) is 3.01. The predicted molar refractivity (Wildman–Crippen MR) is 128 cm³/mol. The molecule has 0 spiro atoms. The first kappa shape index (κ1) is 28.4. The summed E-state index contributed by atoms with van der Waals surface area (Å²) in [6.07, 6.45) is 3.38. The summed E-state index contributed by atoms with van der Waals surface area (Å²) in [5.74, 6) is 0. The number of hydrogen-bond acceptors (Lipinski definition) is 5. The van der Waals surface area contributed by atoms with E-state index >= 15 is 0 Å². The van der Waals surface area contributed by atoms with Crippen molar-refractivity contribution in [3.63, 3.8) is 0 Å². The number of fused-ring (bicyclic) bond motifs is 1. The number of nitrogens with zero attached hydrogens (tertiary/aromatic N) is 4. The van der Waals surface area contributed by atoms with Crippen LogP contribution in [0.25, 0.3) is 5.03 Å². The molecule has 0 fully saturated rings. The molecule has 0 aliphatic carbocycles. The number of aryl methyl sites for hydroxylation is 2. The minimum absolute atomic E-state index is 0.110. The van der Waals surface area contributed by atoms with Crippen LogP contribution in [0, 0.1) is 25.7 Å². The largest absolute Gasteiger partial charge is 0.345 e. The van der Waals surface area contributed by atoms with Gasteiger partial charge in [-0.25, -0.2) is 23.0 Å². The molecule has 1 aliphatic rings.